The van der Waals surface area contributed by atoms with Gasteiger partial charge in [-0.3, -0.25) is 0 Å². The highest BCUT2D eigenvalue weighted by molar-refractivity contribution is 7.89. The quantitative estimate of drug-likeness (QED) is 0.836. The molecule has 3 N–H and O–H groups in total. The zero-order chi connectivity index (χ0) is 14.9. The number of nitrogen functional groups attached to an aromatic ring is 1. The number of ether oxygens (including phenoxy) is 1. The van der Waals surface area contributed by atoms with Gasteiger partial charge in [0.1, 0.15) is 0 Å². The van der Waals surface area contributed by atoms with Crippen molar-refractivity contribution in [2.24, 2.45) is 0 Å². The molecule has 1 aliphatic heterocycles. The molecule has 1 heterocycles. The largest absolute Gasteiger partial charge is 0.397 e. The van der Waals surface area contributed by atoms with E-state index >= 15 is 0 Å². The Balaban J connectivity index is 2.22. The first-order valence-corrected chi connectivity index (χ1v) is 8.35. The second-order valence-electron chi connectivity index (χ2n) is 5.17. The van der Waals surface area contributed by atoms with E-state index in [-0.39, 0.29) is 22.7 Å². The molecule has 20 heavy (non-hydrogen) atoms. The van der Waals surface area contributed by atoms with Gasteiger partial charge in [0, 0.05) is 12.6 Å². The lowest BCUT2D eigenvalue weighted by atomic mass is 10.1. The molecule has 1 aromatic rings. The Bertz CT molecular complexity index is 581. The minimum atomic E-state index is -3.59. The summed E-state index contributed by atoms with van der Waals surface area (Å²) in [5, 5.41) is 0.392. The molecular weight excluding hydrogens is 300 g/mol. The molecule has 0 radical (unpaired) electrons. The van der Waals surface area contributed by atoms with Crippen LogP contribution < -0.4 is 10.5 Å². The van der Waals surface area contributed by atoms with E-state index in [1.54, 1.807) is 6.92 Å². The zero-order valence-corrected chi connectivity index (χ0v) is 13.1. The number of hydrogen-bond acceptors (Lipinski definition) is 4. The number of benzene rings is 1. The van der Waals surface area contributed by atoms with Crippen LogP contribution in [0.1, 0.15) is 25.3 Å². The molecule has 5 nitrogen and oxygen atoms in total. The molecule has 112 valence electrons. The predicted molar refractivity (Wildman–Crippen MR) is 79.4 cm³/mol. The Morgan fingerprint density at radius 3 is 2.75 bits per heavy atom. The Morgan fingerprint density at radius 2 is 2.15 bits per heavy atom. The van der Waals surface area contributed by atoms with Gasteiger partial charge in [0.2, 0.25) is 10.0 Å². The molecule has 2 rings (SSSR count). The molecule has 1 aromatic carbocycles. The van der Waals surface area contributed by atoms with Gasteiger partial charge in [-0.25, -0.2) is 13.1 Å². The molecule has 0 bridgehead atoms. The number of halogens is 1. The number of aryl methyl sites for hydroxylation is 1. The lowest BCUT2D eigenvalue weighted by molar-refractivity contribution is 0.0173. The number of rotatable bonds is 3. The number of anilines is 1. The van der Waals surface area contributed by atoms with Gasteiger partial charge < -0.3 is 10.5 Å². The van der Waals surface area contributed by atoms with Crippen LogP contribution in [0.4, 0.5) is 5.69 Å². The van der Waals surface area contributed by atoms with Crippen LogP contribution in [0, 0.1) is 6.92 Å². The van der Waals surface area contributed by atoms with Gasteiger partial charge in [-0.1, -0.05) is 11.6 Å². The third kappa shape index (κ3) is 3.44. The van der Waals surface area contributed by atoms with Crippen molar-refractivity contribution in [1.29, 1.82) is 0 Å². The van der Waals surface area contributed by atoms with Crippen LogP contribution in [0.3, 0.4) is 0 Å². The average molecular weight is 319 g/mol. The fourth-order valence-corrected chi connectivity index (χ4v) is 3.82. The van der Waals surface area contributed by atoms with Gasteiger partial charge in [0.25, 0.3) is 0 Å². The molecule has 2 atom stereocenters. The topological polar surface area (TPSA) is 81.4 Å². The summed E-state index contributed by atoms with van der Waals surface area (Å²) in [6.45, 7) is 4.23. The third-order valence-corrected chi connectivity index (χ3v) is 5.39. The zero-order valence-electron chi connectivity index (χ0n) is 11.5. The molecular formula is C13H19ClN2O3S. The number of nitrogens with one attached hydrogen (secondary N) is 1. The molecule has 0 amide bonds. The Morgan fingerprint density at radius 1 is 1.45 bits per heavy atom. The average Bonchev–Trinajstić information content (AvgIpc) is 2.34. The van der Waals surface area contributed by atoms with Crippen LogP contribution in [0.5, 0.6) is 0 Å². The molecule has 1 saturated heterocycles. The number of sulfonamides is 1. The molecule has 0 spiro atoms. The van der Waals surface area contributed by atoms with Gasteiger partial charge in [-0.15, -0.1) is 0 Å². The van der Waals surface area contributed by atoms with E-state index in [2.05, 4.69) is 4.72 Å². The summed E-state index contributed by atoms with van der Waals surface area (Å²) in [5.41, 5.74) is 6.65. The van der Waals surface area contributed by atoms with Crippen molar-refractivity contribution < 1.29 is 13.2 Å². The normalized spacial score (nSPS) is 23.8. The monoisotopic (exact) mass is 318 g/mol. The van der Waals surface area contributed by atoms with E-state index in [0.29, 0.717) is 30.0 Å². The Hall–Kier alpha value is -0.820. The molecule has 1 fully saturated rings. The SMILES string of the molecule is Cc1cc(S(=O)(=O)NC2CCOC(C)C2)cc(N)c1Cl. The first-order valence-electron chi connectivity index (χ1n) is 6.49. The second-order valence-corrected chi connectivity index (χ2v) is 7.26. The summed E-state index contributed by atoms with van der Waals surface area (Å²) in [6, 6.07) is 2.81. The first kappa shape index (κ1) is 15.6. The lowest BCUT2D eigenvalue weighted by Gasteiger charge is -2.27. The maximum Gasteiger partial charge on any atom is 0.240 e. The first-order chi connectivity index (χ1) is 9.29. The van der Waals surface area contributed by atoms with Crippen LogP contribution in [0.2, 0.25) is 5.02 Å². The van der Waals surface area contributed by atoms with E-state index in [9.17, 15) is 8.42 Å². The van der Waals surface area contributed by atoms with Crippen molar-refractivity contribution in [3.63, 3.8) is 0 Å². The van der Waals surface area contributed by atoms with Crippen molar-refractivity contribution in [3.8, 4) is 0 Å². The van der Waals surface area contributed by atoms with E-state index in [1.807, 2.05) is 6.92 Å². The highest BCUT2D eigenvalue weighted by atomic mass is 35.5. The van der Waals surface area contributed by atoms with Gasteiger partial charge in [0.05, 0.1) is 21.7 Å². The molecule has 7 heteroatoms. The number of hydrogen-bond donors (Lipinski definition) is 2. The highest BCUT2D eigenvalue weighted by Crippen LogP contribution is 2.27. The summed E-state index contributed by atoms with van der Waals surface area (Å²) in [5.74, 6) is 0. The molecule has 1 aliphatic rings. The van der Waals surface area contributed by atoms with Crippen LogP contribution in [-0.2, 0) is 14.8 Å². The van der Waals surface area contributed by atoms with Crippen molar-refractivity contribution in [3.05, 3.63) is 22.7 Å². The summed E-state index contributed by atoms with van der Waals surface area (Å²) in [6.07, 6.45) is 1.40. The summed E-state index contributed by atoms with van der Waals surface area (Å²) in [7, 11) is -3.59. The van der Waals surface area contributed by atoms with Crippen LogP contribution >= 0.6 is 11.6 Å². The summed E-state index contributed by atoms with van der Waals surface area (Å²) >= 11 is 5.95. The van der Waals surface area contributed by atoms with Crippen molar-refractivity contribution in [1.82, 2.24) is 4.72 Å². The third-order valence-electron chi connectivity index (χ3n) is 3.37. The Labute approximate surface area is 124 Å². The number of nitrogens with two attached hydrogens (primary N) is 1. The highest BCUT2D eigenvalue weighted by Gasteiger charge is 2.25. The van der Waals surface area contributed by atoms with Crippen LogP contribution in [0.15, 0.2) is 17.0 Å². The van der Waals surface area contributed by atoms with Crippen molar-refractivity contribution in [2.75, 3.05) is 12.3 Å². The van der Waals surface area contributed by atoms with Gasteiger partial charge in [-0.2, -0.15) is 0 Å². The standard InChI is InChI=1S/C13H19ClN2O3S/c1-8-5-11(7-12(15)13(8)14)20(17,18)16-10-3-4-19-9(2)6-10/h5,7,9-10,16H,3-4,6,15H2,1-2H3. The fourth-order valence-electron chi connectivity index (χ4n) is 2.31. The van der Waals surface area contributed by atoms with Gasteiger partial charge in [-0.05, 0) is 44.4 Å². The minimum absolute atomic E-state index is 0.0634. The fraction of sp³-hybridized carbons (Fsp3) is 0.538. The summed E-state index contributed by atoms with van der Waals surface area (Å²) in [4.78, 5) is 0.149. The Kier molecular flexibility index (Phi) is 4.59. The maximum atomic E-state index is 12.4. The van der Waals surface area contributed by atoms with E-state index in [4.69, 9.17) is 22.1 Å². The van der Waals surface area contributed by atoms with Gasteiger partial charge >= 0.3 is 0 Å². The maximum absolute atomic E-state index is 12.4. The smallest absolute Gasteiger partial charge is 0.240 e. The second kappa shape index (κ2) is 5.89. The van der Waals surface area contributed by atoms with Crippen molar-refractivity contribution >= 4 is 27.3 Å². The predicted octanol–water partition coefficient (Wildman–Crippen LogP) is 2.08. The van der Waals surface area contributed by atoms with Crippen molar-refractivity contribution in [2.45, 2.75) is 43.7 Å². The lowest BCUT2D eigenvalue weighted by Crippen LogP contribution is -2.41. The molecule has 0 aliphatic carbocycles. The molecule has 0 saturated carbocycles. The van der Waals surface area contributed by atoms with Gasteiger partial charge in [0.15, 0.2) is 0 Å². The molecule has 2 unspecified atom stereocenters. The van der Waals surface area contributed by atoms with Crippen LogP contribution in [0.25, 0.3) is 0 Å². The van der Waals surface area contributed by atoms with E-state index in [0.717, 1.165) is 0 Å². The van der Waals surface area contributed by atoms with Crippen LogP contribution in [-0.4, -0.2) is 27.2 Å². The van der Waals surface area contributed by atoms with E-state index in [1.165, 1.54) is 12.1 Å². The minimum Gasteiger partial charge on any atom is -0.397 e. The summed E-state index contributed by atoms with van der Waals surface area (Å²) < 4.78 is 32.9. The molecule has 0 aromatic heterocycles. The van der Waals surface area contributed by atoms with E-state index < -0.39 is 10.0 Å².